The van der Waals surface area contributed by atoms with Crippen molar-refractivity contribution in [1.29, 1.82) is 0 Å². The Morgan fingerprint density at radius 1 is 1.12 bits per heavy atom. The van der Waals surface area contributed by atoms with Crippen molar-refractivity contribution in [3.8, 4) is 0 Å². The smallest absolute Gasteiger partial charge is 0.247 e. The second-order valence-corrected chi connectivity index (χ2v) is 8.14. The summed E-state index contributed by atoms with van der Waals surface area (Å²) >= 11 is 5.79. The average Bonchev–Trinajstić information content (AvgIpc) is 2.57. The van der Waals surface area contributed by atoms with E-state index in [4.69, 9.17) is 22.1 Å². The molecule has 8 heteroatoms. The maximum absolute atomic E-state index is 6.03. The monoisotopic (exact) mass is 370 g/mol. The Hall–Kier alpha value is -1.18. The van der Waals surface area contributed by atoms with E-state index in [1.54, 1.807) is 0 Å². The summed E-state index contributed by atoms with van der Waals surface area (Å²) in [4.78, 5) is 8.83. The maximum Gasteiger partial charge on any atom is 0.247 e. The number of hydrogen-bond acceptors (Lipinski definition) is 7. The minimum Gasteiger partial charge on any atom is -0.381 e. The van der Waals surface area contributed by atoms with Gasteiger partial charge in [-0.25, -0.2) is 0 Å². The first-order chi connectivity index (χ1) is 11.6. The van der Waals surface area contributed by atoms with Crippen LogP contribution in [0.25, 0.3) is 0 Å². The molecular weight excluding hydrogens is 340 g/mol. The fourth-order valence-corrected chi connectivity index (χ4v) is 2.88. The lowest BCUT2D eigenvalue weighted by Crippen LogP contribution is -2.55. The predicted molar refractivity (Wildman–Crippen MR) is 102 cm³/mol. The van der Waals surface area contributed by atoms with Crippen molar-refractivity contribution in [3.63, 3.8) is 0 Å². The molecule has 0 saturated carbocycles. The zero-order valence-electron chi connectivity index (χ0n) is 16.0. The maximum atomic E-state index is 6.03. The number of rotatable bonds is 7. The number of aromatic nitrogens is 3. The van der Waals surface area contributed by atoms with Crippen LogP contribution in [0.3, 0.4) is 0 Å². The van der Waals surface area contributed by atoms with Gasteiger partial charge < -0.3 is 15.4 Å². The zero-order valence-corrected chi connectivity index (χ0v) is 16.8. The van der Waals surface area contributed by atoms with Crippen molar-refractivity contribution in [2.75, 3.05) is 43.4 Å². The number of halogens is 1. The first kappa shape index (κ1) is 20.1. The molecule has 0 amide bonds. The van der Waals surface area contributed by atoms with Gasteiger partial charge >= 0.3 is 0 Å². The number of anilines is 2. The normalized spacial score (nSPS) is 17.1. The molecule has 1 aliphatic heterocycles. The summed E-state index contributed by atoms with van der Waals surface area (Å²) < 4.78 is 6.03. The number of nitrogens with two attached hydrogens (primary N) is 1. The summed E-state index contributed by atoms with van der Waals surface area (Å²) in [5, 5.41) is 8.05. The Bertz CT molecular complexity index is 572. The molecule has 2 rings (SSSR count). The predicted octanol–water partition coefficient (Wildman–Crippen LogP) is 2.60. The molecule has 0 aliphatic carbocycles. The van der Waals surface area contributed by atoms with Gasteiger partial charge in [-0.05, 0) is 40.5 Å². The van der Waals surface area contributed by atoms with Crippen LogP contribution >= 0.6 is 11.6 Å². The third kappa shape index (κ3) is 5.39. The Morgan fingerprint density at radius 2 is 1.76 bits per heavy atom. The summed E-state index contributed by atoms with van der Waals surface area (Å²) in [5.74, 6) is 0.775. The molecule has 142 valence electrons. The lowest BCUT2D eigenvalue weighted by molar-refractivity contribution is -0.0387. The Morgan fingerprint density at radius 3 is 2.32 bits per heavy atom. The number of nitrogens with zero attached hydrogens (tertiary/aromatic N) is 5. The third-order valence-corrected chi connectivity index (χ3v) is 5.40. The van der Waals surface area contributed by atoms with E-state index < -0.39 is 0 Å². The van der Waals surface area contributed by atoms with E-state index >= 15 is 0 Å². The highest BCUT2D eigenvalue weighted by Gasteiger charge is 2.31. The minimum atomic E-state index is -0.0480. The molecule has 1 aliphatic rings. The Kier molecular flexibility index (Phi) is 6.45. The van der Waals surface area contributed by atoms with Gasteiger partial charge in [0.1, 0.15) is 0 Å². The molecular formula is C17H31ClN6O. The molecule has 2 heterocycles. The van der Waals surface area contributed by atoms with Crippen molar-refractivity contribution in [2.24, 2.45) is 0 Å². The van der Waals surface area contributed by atoms with Gasteiger partial charge in [0.15, 0.2) is 11.0 Å². The lowest BCUT2D eigenvalue weighted by Gasteiger charge is -2.44. The van der Waals surface area contributed by atoms with E-state index in [0.717, 1.165) is 45.6 Å². The van der Waals surface area contributed by atoms with Gasteiger partial charge in [-0.15, -0.1) is 10.2 Å². The van der Waals surface area contributed by atoms with Crippen LogP contribution in [0.4, 0.5) is 11.8 Å². The van der Waals surface area contributed by atoms with Crippen LogP contribution in [0, 0.1) is 0 Å². The highest BCUT2D eigenvalue weighted by molar-refractivity contribution is 6.31. The number of ether oxygens (including phenoxy) is 1. The molecule has 7 nitrogen and oxygen atoms in total. The standard InChI is InChI=1S/C17H31ClN6O/c1-6-17(4,5)25-12-7-16(2,3)24-10-8-23(9-11-24)15-20-14(19)13(18)21-22-15/h6-12H2,1-5H3,(H2,19,20,22). The molecule has 0 bridgehead atoms. The van der Waals surface area contributed by atoms with E-state index in [0.29, 0.717) is 5.95 Å². The molecule has 1 saturated heterocycles. The topological polar surface area (TPSA) is 80.4 Å². The van der Waals surface area contributed by atoms with Gasteiger partial charge in [0.2, 0.25) is 5.95 Å². The van der Waals surface area contributed by atoms with Crippen LogP contribution in [-0.2, 0) is 4.74 Å². The molecule has 25 heavy (non-hydrogen) atoms. The second kappa shape index (κ2) is 8.01. The highest BCUT2D eigenvalue weighted by Crippen LogP contribution is 2.24. The van der Waals surface area contributed by atoms with E-state index in [1.807, 2.05) is 0 Å². The molecule has 1 aromatic rings. The SMILES string of the molecule is CCC(C)(C)OCCC(C)(C)N1CCN(c2nnc(Cl)c(N)n2)CC1. The summed E-state index contributed by atoms with van der Waals surface area (Å²) in [5.41, 5.74) is 5.77. The molecule has 0 spiro atoms. The second-order valence-electron chi connectivity index (χ2n) is 7.79. The molecule has 0 unspecified atom stereocenters. The van der Waals surface area contributed by atoms with Crippen LogP contribution in [0.15, 0.2) is 0 Å². The van der Waals surface area contributed by atoms with Gasteiger partial charge in [0.25, 0.3) is 0 Å². The fraction of sp³-hybridized carbons (Fsp3) is 0.824. The van der Waals surface area contributed by atoms with Crippen molar-refractivity contribution in [2.45, 2.75) is 58.6 Å². The highest BCUT2D eigenvalue weighted by atomic mass is 35.5. The van der Waals surface area contributed by atoms with Crippen molar-refractivity contribution in [1.82, 2.24) is 20.1 Å². The molecule has 0 radical (unpaired) electrons. The molecule has 1 aromatic heterocycles. The summed E-state index contributed by atoms with van der Waals surface area (Å²) in [6, 6.07) is 0. The van der Waals surface area contributed by atoms with Crippen LogP contribution in [0.2, 0.25) is 5.15 Å². The Labute approximate surface area is 155 Å². The average molecular weight is 371 g/mol. The van der Waals surface area contributed by atoms with E-state index in [2.05, 4.69) is 59.6 Å². The van der Waals surface area contributed by atoms with E-state index in [9.17, 15) is 0 Å². The van der Waals surface area contributed by atoms with Crippen molar-refractivity contribution in [3.05, 3.63) is 5.15 Å². The zero-order chi connectivity index (χ0) is 18.7. The molecule has 0 aromatic carbocycles. The summed E-state index contributed by atoms with van der Waals surface area (Å²) in [6.45, 7) is 15.3. The van der Waals surface area contributed by atoms with Gasteiger partial charge in [-0.3, -0.25) is 4.90 Å². The quantitative estimate of drug-likeness (QED) is 0.790. The number of hydrogen-bond donors (Lipinski definition) is 1. The van der Waals surface area contributed by atoms with Crippen LogP contribution in [-0.4, -0.2) is 64.0 Å². The first-order valence-electron chi connectivity index (χ1n) is 8.94. The van der Waals surface area contributed by atoms with Crippen molar-refractivity contribution >= 4 is 23.4 Å². The fourth-order valence-electron chi connectivity index (χ4n) is 2.80. The van der Waals surface area contributed by atoms with Gasteiger partial charge in [0.05, 0.1) is 5.60 Å². The first-order valence-corrected chi connectivity index (χ1v) is 9.32. The molecule has 2 N–H and O–H groups in total. The largest absolute Gasteiger partial charge is 0.381 e. The lowest BCUT2D eigenvalue weighted by atomic mass is 9.97. The van der Waals surface area contributed by atoms with E-state index in [1.165, 1.54) is 0 Å². The molecule has 1 fully saturated rings. The number of piperazine rings is 1. The van der Waals surface area contributed by atoms with Crippen molar-refractivity contribution < 1.29 is 4.74 Å². The van der Waals surface area contributed by atoms with Gasteiger partial charge in [-0.1, -0.05) is 18.5 Å². The number of nitrogen functional groups attached to an aromatic ring is 1. The molecule has 0 atom stereocenters. The third-order valence-electron chi connectivity index (χ3n) is 5.14. The summed E-state index contributed by atoms with van der Waals surface area (Å²) in [6.07, 6.45) is 2.02. The Balaban J connectivity index is 1.86. The van der Waals surface area contributed by atoms with Crippen LogP contribution < -0.4 is 10.6 Å². The summed E-state index contributed by atoms with van der Waals surface area (Å²) in [7, 11) is 0. The van der Waals surface area contributed by atoms with Gasteiger partial charge in [-0.2, -0.15) is 4.98 Å². The van der Waals surface area contributed by atoms with Crippen LogP contribution in [0.5, 0.6) is 0 Å². The van der Waals surface area contributed by atoms with Gasteiger partial charge in [0, 0.05) is 38.3 Å². The van der Waals surface area contributed by atoms with E-state index in [-0.39, 0.29) is 22.1 Å². The van der Waals surface area contributed by atoms with Crippen LogP contribution in [0.1, 0.15) is 47.5 Å². The minimum absolute atomic E-state index is 0.0480.